The summed E-state index contributed by atoms with van der Waals surface area (Å²) in [5.74, 6) is 0.101. The Bertz CT molecular complexity index is 94.3. The Morgan fingerprint density at radius 1 is 1.09 bits per heavy atom. The van der Waals surface area contributed by atoms with Crippen LogP contribution in [-0.2, 0) is 0 Å². The summed E-state index contributed by atoms with van der Waals surface area (Å²) < 4.78 is 34.4. The predicted octanol–water partition coefficient (Wildman–Crippen LogP) is 2.40. The summed E-state index contributed by atoms with van der Waals surface area (Å²) in [6.45, 7) is 0.0662. The summed E-state index contributed by atoms with van der Waals surface area (Å²) in [4.78, 5) is 0. The van der Waals surface area contributed by atoms with Gasteiger partial charge in [-0.2, -0.15) is 13.2 Å². The van der Waals surface area contributed by atoms with E-state index in [1.165, 1.54) is 0 Å². The molecule has 0 aromatic rings. The van der Waals surface area contributed by atoms with Gasteiger partial charge in [-0.3, -0.25) is 0 Å². The number of aliphatic hydroxyl groups is 1. The molecule has 0 rings (SSSR count). The first-order valence-corrected chi connectivity index (χ1v) is 4.36. The van der Waals surface area contributed by atoms with Crippen molar-refractivity contribution < 1.29 is 18.3 Å². The molecule has 0 radical (unpaired) electrons. The maximum absolute atomic E-state index is 11.5. The molecule has 0 atom stereocenters. The molecule has 68 valence electrons. The van der Waals surface area contributed by atoms with Gasteiger partial charge >= 0.3 is 5.51 Å². The topological polar surface area (TPSA) is 20.2 Å². The minimum Gasteiger partial charge on any atom is -0.396 e. The van der Waals surface area contributed by atoms with Crippen LogP contribution in [0.4, 0.5) is 13.2 Å². The Balaban J connectivity index is 3.02. The third-order valence-electron chi connectivity index (χ3n) is 1.07. The lowest BCUT2D eigenvalue weighted by Gasteiger charge is -2.03. The Labute approximate surface area is 68.0 Å². The highest BCUT2D eigenvalue weighted by molar-refractivity contribution is 8.00. The molecule has 0 aromatic heterocycles. The highest BCUT2D eigenvalue weighted by Gasteiger charge is 2.27. The van der Waals surface area contributed by atoms with Crippen molar-refractivity contribution in [3.63, 3.8) is 0 Å². The fourth-order valence-corrected chi connectivity index (χ4v) is 1.16. The van der Waals surface area contributed by atoms with Gasteiger partial charge in [-0.25, -0.2) is 0 Å². The van der Waals surface area contributed by atoms with Crippen molar-refractivity contribution in [3.8, 4) is 0 Å². The summed E-state index contributed by atoms with van der Waals surface area (Å²) in [5.41, 5.74) is -4.10. The van der Waals surface area contributed by atoms with Crippen molar-refractivity contribution >= 4 is 11.8 Å². The zero-order valence-corrected chi connectivity index (χ0v) is 6.84. The molecule has 0 aliphatic carbocycles. The van der Waals surface area contributed by atoms with E-state index in [1.54, 1.807) is 0 Å². The van der Waals surface area contributed by atoms with Crippen molar-refractivity contribution in [1.29, 1.82) is 0 Å². The maximum Gasteiger partial charge on any atom is 0.441 e. The molecule has 0 saturated carbocycles. The average Bonchev–Trinajstić information content (AvgIpc) is 1.85. The van der Waals surface area contributed by atoms with Crippen LogP contribution in [-0.4, -0.2) is 23.0 Å². The second kappa shape index (κ2) is 5.71. The molecule has 0 aromatic carbocycles. The highest BCUT2D eigenvalue weighted by Crippen LogP contribution is 2.30. The summed E-state index contributed by atoms with van der Waals surface area (Å²) >= 11 is 0.00237. The zero-order valence-electron chi connectivity index (χ0n) is 6.02. The van der Waals surface area contributed by atoms with Crippen molar-refractivity contribution in [1.82, 2.24) is 0 Å². The lowest BCUT2D eigenvalue weighted by Crippen LogP contribution is -2.01. The van der Waals surface area contributed by atoms with Gasteiger partial charge in [0, 0.05) is 12.4 Å². The molecule has 0 unspecified atom stereocenters. The minimum absolute atomic E-state index is 0.00237. The van der Waals surface area contributed by atoms with Crippen molar-refractivity contribution in [2.75, 3.05) is 12.4 Å². The molecule has 1 nitrogen and oxygen atoms in total. The third kappa shape index (κ3) is 10.1. The number of rotatable bonds is 5. The molecule has 11 heavy (non-hydrogen) atoms. The fraction of sp³-hybridized carbons (Fsp3) is 1.00. The molecule has 0 spiro atoms. The van der Waals surface area contributed by atoms with Gasteiger partial charge in [-0.05, 0) is 12.8 Å². The number of hydrogen-bond acceptors (Lipinski definition) is 2. The van der Waals surface area contributed by atoms with E-state index in [1.807, 2.05) is 0 Å². The van der Waals surface area contributed by atoms with Gasteiger partial charge in [0.25, 0.3) is 0 Å². The first kappa shape index (κ1) is 11.1. The van der Waals surface area contributed by atoms with Gasteiger partial charge in [-0.1, -0.05) is 18.2 Å². The minimum atomic E-state index is -4.10. The molecule has 0 amide bonds. The average molecular weight is 188 g/mol. The summed E-state index contributed by atoms with van der Waals surface area (Å²) in [5, 5.41) is 8.30. The van der Waals surface area contributed by atoms with E-state index in [-0.39, 0.29) is 24.1 Å². The van der Waals surface area contributed by atoms with E-state index in [4.69, 9.17) is 5.11 Å². The monoisotopic (exact) mass is 188 g/mol. The van der Waals surface area contributed by atoms with E-state index in [0.717, 1.165) is 0 Å². The van der Waals surface area contributed by atoms with E-state index < -0.39 is 5.51 Å². The van der Waals surface area contributed by atoms with Crippen LogP contribution in [0.5, 0.6) is 0 Å². The molecule has 5 heteroatoms. The Morgan fingerprint density at radius 2 is 1.73 bits per heavy atom. The van der Waals surface area contributed by atoms with Gasteiger partial charge in [0.15, 0.2) is 0 Å². The van der Waals surface area contributed by atoms with Gasteiger partial charge in [0.05, 0.1) is 0 Å². The lowest BCUT2D eigenvalue weighted by atomic mass is 10.3. The molecule has 0 aliphatic heterocycles. The van der Waals surface area contributed by atoms with E-state index in [9.17, 15) is 13.2 Å². The quantitative estimate of drug-likeness (QED) is 0.668. The predicted molar refractivity (Wildman–Crippen MR) is 39.4 cm³/mol. The second-order valence-electron chi connectivity index (χ2n) is 2.08. The van der Waals surface area contributed by atoms with Gasteiger partial charge in [0.2, 0.25) is 0 Å². The number of halogens is 3. The normalized spacial score (nSPS) is 12.0. The van der Waals surface area contributed by atoms with Crippen LogP contribution in [0.25, 0.3) is 0 Å². The third-order valence-corrected chi connectivity index (χ3v) is 1.89. The maximum atomic E-state index is 11.5. The van der Waals surface area contributed by atoms with Crippen LogP contribution in [0.15, 0.2) is 0 Å². The van der Waals surface area contributed by atoms with Crippen molar-refractivity contribution in [2.24, 2.45) is 0 Å². The second-order valence-corrected chi connectivity index (χ2v) is 3.24. The molecule has 0 fully saturated rings. The fourth-order valence-electron chi connectivity index (χ4n) is 0.579. The van der Waals surface area contributed by atoms with Crippen molar-refractivity contribution in [2.45, 2.75) is 24.8 Å². The number of thioether (sulfide) groups is 1. The van der Waals surface area contributed by atoms with E-state index >= 15 is 0 Å². The number of unbranched alkanes of at least 4 members (excludes halogenated alkanes) is 2. The van der Waals surface area contributed by atoms with Crippen LogP contribution in [0.1, 0.15) is 19.3 Å². The van der Waals surface area contributed by atoms with Gasteiger partial charge in [-0.15, -0.1) is 0 Å². The Morgan fingerprint density at radius 3 is 2.18 bits per heavy atom. The number of alkyl halides is 3. The molecule has 0 saturated heterocycles. The molecule has 0 aliphatic rings. The standard InChI is InChI=1S/C6H11F3OS/c7-6(8,9)11-5-3-1-2-4-10/h10H,1-5H2. The Hall–Kier alpha value is 0.100. The SMILES string of the molecule is OCCCCCSC(F)(F)F. The lowest BCUT2D eigenvalue weighted by molar-refractivity contribution is -0.0328. The van der Waals surface area contributed by atoms with E-state index in [2.05, 4.69) is 0 Å². The van der Waals surface area contributed by atoms with Gasteiger partial charge < -0.3 is 5.11 Å². The first-order chi connectivity index (χ1) is 5.06. The van der Waals surface area contributed by atoms with Crippen LogP contribution < -0.4 is 0 Å². The smallest absolute Gasteiger partial charge is 0.396 e. The summed E-state index contributed by atoms with van der Waals surface area (Å²) in [6, 6.07) is 0. The Kier molecular flexibility index (Phi) is 5.76. The first-order valence-electron chi connectivity index (χ1n) is 3.38. The van der Waals surface area contributed by atoms with Crippen LogP contribution in [0.3, 0.4) is 0 Å². The summed E-state index contributed by atoms with van der Waals surface area (Å²) in [7, 11) is 0. The van der Waals surface area contributed by atoms with Crippen molar-refractivity contribution in [3.05, 3.63) is 0 Å². The molecule has 1 N–H and O–H groups in total. The van der Waals surface area contributed by atoms with E-state index in [0.29, 0.717) is 19.3 Å². The zero-order chi connectivity index (χ0) is 8.74. The van der Waals surface area contributed by atoms with Crippen LogP contribution >= 0.6 is 11.8 Å². The number of aliphatic hydroxyl groups excluding tert-OH is 1. The highest BCUT2D eigenvalue weighted by atomic mass is 32.2. The molecule has 0 bridgehead atoms. The van der Waals surface area contributed by atoms with Crippen LogP contribution in [0, 0.1) is 0 Å². The van der Waals surface area contributed by atoms with Gasteiger partial charge in [0.1, 0.15) is 0 Å². The molecular weight excluding hydrogens is 177 g/mol. The molecular formula is C6H11F3OS. The molecule has 0 heterocycles. The van der Waals surface area contributed by atoms with Crippen LogP contribution in [0.2, 0.25) is 0 Å². The largest absolute Gasteiger partial charge is 0.441 e. The summed E-state index contributed by atoms with van der Waals surface area (Å²) in [6.07, 6.45) is 1.78. The number of hydrogen-bond donors (Lipinski definition) is 1.